The van der Waals surface area contributed by atoms with Gasteiger partial charge in [-0.25, -0.2) is 13.6 Å². The summed E-state index contributed by atoms with van der Waals surface area (Å²) in [5.41, 5.74) is 0.862. The van der Waals surface area contributed by atoms with E-state index < -0.39 is 23.2 Å². The number of ether oxygens (including phenoxy) is 1. The summed E-state index contributed by atoms with van der Waals surface area (Å²) >= 11 is 0. The molecule has 160 valence electrons. The van der Waals surface area contributed by atoms with Crippen LogP contribution in [0.25, 0.3) is 21.5 Å². The van der Waals surface area contributed by atoms with Crippen LogP contribution in [0.15, 0.2) is 60.7 Å². The molecule has 0 aliphatic carbocycles. The summed E-state index contributed by atoms with van der Waals surface area (Å²) < 4.78 is 32.7. The number of rotatable bonds is 6. The van der Waals surface area contributed by atoms with Gasteiger partial charge >= 0.3 is 5.97 Å². The van der Waals surface area contributed by atoms with Crippen LogP contribution in [0.2, 0.25) is 0 Å². The van der Waals surface area contributed by atoms with Gasteiger partial charge in [0, 0.05) is 12.1 Å². The molecule has 4 aromatic rings. The highest BCUT2D eigenvalue weighted by atomic mass is 19.1. The standard InChI is InChI=1S/C27H21F2NO2/c1-2-3-4-5-17-6-10-22-18(12-17)7-8-19-13-20(9-11-23(19)22)27(31)32-21-14-25(28)24(16-30)26(29)15-21/h6-15H,2-5H2,1H3. The van der Waals surface area contributed by atoms with Gasteiger partial charge in [-0.2, -0.15) is 5.26 Å². The number of hydrogen-bond acceptors (Lipinski definition) is 3. The van der Waals surface area contributed by atoms with Crippen molar-refractivity contribution in [3.05, 3.63) is 89.0 Å². The van der Waals surface area contributed by atoms with Crippen molar-refractivity contribution in [3.8, 4) is 11.8 Å². The molecule has 0 aromatic heterocycles. The molecule has 0 aliphatic heterocycles. The predicted molar refractivity (Wildman–Crippen MR) is 121 cm³/mol. The molecule has 4 aromatic carbocycles. The van der Waals surface area contributed by atoms with Crippen molar-refractivity contribution >= 4 is 27.5 Å². The van der Waals surface area contributed by atoms with Crippen LogP contribution in [0.5, 0.6) is 5.75 Å². The first-order valence-corrected chi connectivity index (χ1v) is 10.6. The first kappa shape index (κ1) is 21.5. The van der Waals surface area contributed by atoms with E-state index >= 15 is 0 Å². The third kappa shape index (κ3) is 4.31. The Balaban J connectivity index is 1.60. The molecule has 4 rings (SSSR count). The predicted octanol–water partition coefficient (Wildman–Crippen LogP) is 7.09. The highest BCUT2D eigenvalue weighted by molar-refractivity contribution is 6.09. The zero-order valence-corrected chi connectivity index (χ0v) is 17.6. The van der Waals surface area contributed by atoms with E-state index in [1.807, 2.05) is 18.2 Å². The lowest BCUT2D eigenvalue weighted by Crippen LogP contribution is -2.09. The van der Waals surface area contributed by atoms with Gasteiger partial charge in [-0.3, -0.25) is 0 Å². The molecule has 0 saturated heterocycles. The molecule has 0 aliphatic rings. The fraction of sp³-hybridized carbons (Fsp3) is 0.185. The van der Waals surface area contributed by atoms with Crippen LogP contribution >= 0.6 is 0 Å². The largest absolute Gasteiger partial charge is 0.423 e. The van der Waals surface area contributed by atoms with E-state index in [9.17, 15) is 13.6 Å². The molecule has 32 heavy (non-hydrogen) atoms. The van der Waals surface area contributed by atoms with Crippen molar-refractivity contribution in [2.45, 2.75) is 32.6 Å². The van der Waals surface area contributed by atoms with Gasteiger partial charge in [0.15, 0.2) is 0 Å². The first-order chi connectivity index (χ1) is 15.5. The highest BCUT2D eigenvalue weighted by Crippen LogP contribution is 2.28. The summed E-state index contributed by atoms with van der Waals surface area (Å²) in [6, 6.07) is 18.7. The molecule has 5 heteroatoms. The molecule has 0 radical (unpaired) electrons. The molecule has 0 heterocycles. The molecule has 0 atom stereocenters. The number of carbonyl (C=O) groups excluding carboxylic acids is 1. The summed E-state index contributed by atoms with van der Waals surface area (Å²) in [6.45, 7) is 2.19. The molecule has 0 fully saturated rings. The lowest BCUT2D eigenvalue weighted by Gasteiger charge is -2.09. The number of carbonyl (C=O) groups is 1. The molecule has 0 saturated carbocycles. The summed E-state index contributed by atoms with van der Waals surface area (Å²) in [7, 11) is 0. The van der Waals surface area contributed by atoms with E-state index in [-0.39, 0.29) is 11.3 Å². The fourth-order valence-electron chi connectivity index (χ4n) is 3.86. The number of hydrogen-bond donors (Lipinski definition) is 0. The summed E-state index contributed by atoms with van der Waals surface area (Å²) in [5, 5.41) is 12.9. The lowest BCUT2D eigenvalue weighted by atomic mass is 9.97. The van der Waals surface area contributed by atoms with Crippen LogP contribution in [0.1, 0.15) is 47.7 Å². The quantitative estimate of drug-likeness (QED) is 0.142. The van der Waals surface area contributed by atoms with E-state index in [1.54, 1.807) is 12.1 Å². The van der Waals surface area contributed by atoms with Crippen molar-refractivity contribution in [3.63, 3.8) is 0 Å². The fourth-order valence-corrected chi connectivity index (χ4v) is 3.86. The monoisotopic (exact) mass is 429 g/mol. The SMILES string of the molecule is CCCCCc1ccc2c(ccc3cc(C(=O)Oc4cc(F)c(C#N)c(F)c4)ccc32)c1. The maximum absolute atomic E-state index is 13.8. The Morgan fingerprint density at radius 3 is 2.22 bits per heavy atom. The smallest absolute Gasteiger partial charge is 0.343 e. The summed E-state index contributed by atoms with van der Waals surface area (Å²) in [4.78, 5) is 12.5. The number of unbranched alkanes of at least 4 members (excludes halogenated alkanes) is 2. The number of fused-ring (bicyclic) bond motifs is 3. The van der Waals surface area contributed by atoms with Crippen LogP contribution < -0.4 is 4.74 Å². The van der Waals surface area contributed by atoms with Gasteiger partial charge in [0.1, 0.15) is 29.0 Å². The van der Waals surface area contributed by atoms with Crippen LogP contribution in [-0.2, 0) is 6.42 Å². The van der Waals surface area contributed by atoms with Crippen LogP contribution in [0.3, 0.4) is 0 Å². The molecule has 0 amide bonds. The van der Waals surface area contributed by atoms with Gasteiger partial charge in [0.25, 0.3) is 0 Å². The third-order valence-electron chi connectivity index (χ3n) is 5.54. The van der Waals surface area contributed by atoms with Gasteiger partial charge in [-0.1, -0.05) is 56.2 Å². The normalized spacial score (nSPS) is 10.9. The zero-order chi connectivity index (χ0) is 22.7. The molecular weight excluding hydrogens is 408 g/mol. The number of halogens is 2. The highest BCUT2D eigenvalue weighted by Gasteiger charge is 2.15. The average Bonchev–Trinajstić information content (AvgIpc) is 2.78. The van der Waals surface area contributed by atoms with E-state index in [1.165, 1.54) is 30.9 Å². The minimum absolute atomic E-state index is 0.262. The second kappa shape index (κ2) is 9.15. The number of benzene rings is 4. The van der Waals surface area contributed by atoms with Gasteiger partial charge in [-0.15, -0.1) is 0 Å². The maximum Gasteiger partial charge on any atom is 0.343 e. The van der Waals surface area contributed by atoms with Crippen molar-refractivity contribution in [1.82, 2.24) is 0 Å². The third-order valence-corrected chi connectivity index (χ3v) is 5.54. The number of aryl methyl sites for hydroxylation is 1. The summed E-state index contributed by atoms with van der Waals surface area (Å²) in [5.74, 6) is -3.18. The van der Waals surface area contributed by atoms with Crippen LogP contribution in [0, 0.1) is 23.0 Å². The Morgan fingerprint density at radius 1 is 0.906 bits per heavy atom. The molecule has 3 nitrogen and oxygen atoms in total. The van der Waals surface area contributed by atoms with Crippen molar-refractivity contribution in [2.75, 3.05) is 0 Å². The van der Waals surface area contributed by atoms with Gasteiger partial charge in [0.05, 0.1) is 5.56 Å². The van der Waals surface area contributed by atoms with E-state index in [4.69, 9.17) is 10.00 Å². The van der Waals surface area contributed by atoms with Gasteiger partial charge < -0.3 is 4.74 Å². The van der Waals surface area contributed by atoms with E-state index in [0.29, 0.717) is 0 Å². The Morgan fingerprint density at radius 2 is 1.56 bits per heavy atom. The van der Waals surface area contributed by atoms with E-state index in [0.717, 1.165) is 40.1 Å². The molecule has 0 N–H and O–H groups in total. The Kier molecular flexibility index (Phi) is 6.13. The van der Waals surface area contributed by atoms with Crippen molar-refractivity contribution in [2.24, 2.45) is 0 Å². The topological polar surface area (TPSA) is 50.1 Å². The van der Waals surface area contributed by atoms with Crippen molar-refractivity contribution in [1.29, 1.82) is 5.26 Å². The molecule has 0 spiro atoms. The number of nitrogens with zero attached hydrogens (tertiary/aromatic N) is 1. The zero-order valence-electron chi connectivity index (χ0n) is 17.6. The molecular formula is C27H21F2NO2. The Hall–Kier alpha value is -3.78. The van der Waals surface area contributed by atoms with Gasteiger partial charge in [-0.05, 0) is 52.1 Å². The number of nitriles is 1. The minimum atomic E-state index is -1.07. The second-order valence-electron chi connectivity index (χ2n) is 7.78. The van der Waals surface area contributed by atoms with Crippen molar-refractivity contribution < 1.29 is 18.3 Å². The lowest BCUT2D eigenvalue weighted by molar-refractivity contribution is 0.0734. The van der Waals surface area contributed by atoms with Crippen LogP contribution in [0.4, 0.5) is 8.78 Å². The minimum Gasteiger partial charge on any atom is -0.423 e. The molecule has 0 bridgehead atoms. The number of esters is 1. The summed E-state index contributed by atoms with van der Waals surface area (Å²) in [6.07, 6.45) is 4.64. The first-order valence-electron chi connectivity index (χ1n) is 10.6. The van der Waals surface area contributed by atoms with Crippen LogP contribution in [-0.4, -0.2) is 5.97 Å². The second-order valence-corrected chi connectivity index (χ2v) is 7.78. The Bertz CT molecular complexity index is 1350. The average molecular weight is 429 g/mol. The van der Waals surface area contributed by atoms with Gasteiger partial charge in [0.2, 0.25) is 0 Å². The maximum atomic E-state index is 13.8. The Labute approximate surface area is 184 Å². The van der Waals surface area contributed by atoms with E-state index in [2.05, 4.69) is 25.1 Å². The molecule has 0 unspecified atom stereocenters.